The monoisotopic (exact) mass is 744 g/mol. The smallest absolute Gasteiger partial charge is 0.343 e. The number of esters is 3. The van der Waals surface area contributed by atoms with Crippen LogP contribution >= 0.6 is 0 Å². The molecule has 0 saturated carbocycles. The molecule has 0 N–H and O–H groups in total. The van der Waals surface area contributed by atoms with Gasteiger partial charge >= 0.3 is 17.9 Å². The second-order valence-electron chi connectivity index (χ2n) is 12.1. The molecule has 0 fully saturated rings. The Hall–Kier alpha value is -8.79. The summed E-state index contributed by atoms with van der Waals surface area (Å²) in [4.78, 5) is 56.7. The molecule has 0 amide bonds. The van der Waals surface area contributed by atoms with E-state index in [1.807, 2.05) is 12.1 Å². The molecule has 0 saturated heterocycles. The average molecular weight is 745 g/mol. The number of ether oxygens (including phenoxy) is 3. The van der Waals surface area contributed by atoms with Gasteiger partial charge in [-0.1, -0.05) is 6.07 Å². The van der Waals surface area contributed by atoms with Crippen LogP contribution in [0.25, 0.3) is 38.6 Å². The Kier molecular flexibility index (Phi) is 10.6. The number of benzene rings is 4. The number of hydrogen-bond acceptors (Lipinski definition) is 11. The van der Waals surface area contributed by atoms with Gasteiger partial charge in [-0.05, 0) is 121 Å². The highest BCUT2D eigenvalue weighted by atomic mass is 16.5. The van der Waals surface area contributed by atoms with Crippen molar-refractivity contribution in [1.82, 2.24) is 15.0 Å². The first-order chi connectivity index (χ1) is 27.8. The van der Waals surface area contributed by atoms with Gasteiger partial charge in [0.2, 0.25) is 5.69 Å². The molecule has 0 aliphatic carbocycles. The lowest BCUT2D eigenvalue weighted by atomic mass is 10.1. The van der Waals surface area contributed by atoms with Gasteiger partial charge in [-0.15, -0.1) is 0 Å². The van der Waals surface area contributed by atoms with Gasteiger partial charge < -0.3 is 14.2 Å². The van der Waals surface area contributed by atoms with E-state index < -0.39 is 17.9 Å². The van der Waals surface area contributed by atoms with E-state index in [-0.39, 0.29) is 33.9 Å². The van der Waals surface area contributed by atoms with Crippen LogP contribution in [0.1, 0.15) is 42.2 Å². The van der Waals surface area contributed by atoms with E-state index in [1.54, 1.807) is 109 Å². The number of rotatable bonds is 9. The van der Waals surface area contributed by atoms with Gasteiger partial charge in [0.1, 0.15) is 29.4 Å². The molecule has 3 aromatic heterocycles. The van der Waals surface area contributed by atoms with Crippen LogP contribution < -0.4 is 14.2 Å². The molecular weight excluding hydrogens is 721 g/mol. The van der Waals surface area contributed by atoms with Crippen LogP contribution in [0.2, 0.25) is 0 Å². The van der Waals surface area contributed by atoms with Crippen LogP contribution in [0.5, 0.6) is 17.2 Å². The van der Waals surface area contributed by atoms with Crippen molar-refractivity contribution in [1.29, 1.82) is 10.5 Å². The third-order valence-corrected chi connectivity index (χ3v) is 8.38. The summed E-state index contributed by atoms with van der Waals surface area (Å²) in [5.41, 5.74) is 4.89. The highest BCUT2D eigenvalue weighted by molar-refractivity contribution is 6.02. The van der Waals surface area contributed by atoms with Crippen LogP contribution in [0.4, 0.5) is 5.69 Å². The minimum absolute atomic E-state index is 0.124. The second kappa shape index (κ2) is 16.5. The molecule has 7 rings (SSSR count). The number of aromatic nitrogens is 3. The number of nitriles is 2. The Morgan fingerprint density at radius 3 is 1.07 bits per heavy atom. The molecule has 57 heavy (non-hydrogen) atoms. The van der Waals surface area contributed by atoms with E-state index >= 15 is 0 Å². The second-order valence-corrected chi connectivity index (χ2v) is 12.1. The van der Waals surface area contributed by atoms with E-state index in [4.69, 9.17) is 31.3 Å². The Labute approximate surface area is 325 Å². The van der Waals surface area contributed by atoms with Crippen molar-refractivity contribution in [3.8, 4) is 63.2 Å². The number of nitrogens with zero attached hydrogens (tertiary/aromatic N) is 6. The van der Waals surface area contributed by atoms with Crippen molar-refractivity contribution in [3.63, 3.8) is 0 Å². The van der Waals surface area contributed by atoms with Crippen molar-refractivity contribution in [3.05, 3.63) is 185 Å². The fraction of sp³-hybridized carbons (Fsp3) is 0. The van der Waals surface area contributed by atoms with Gasteiger partial charge in [0.05, 0.1) is 51.5 Å². The first-order valence-electron chi connectivity index (χ1n) is 17.0. The lowest BCUT2D eigenvalue weighted by Gasteiger charge is -2.11. The van der Waals surface area contributed by atoms with E-state index in [0.717, 1.165) is 16.7 Å². The van der Waals surface area contributed by atoms with E-state index in [1.165, 1.54) is 36.8 Å². The first kappa shape index (κ1) is 36.6. The molecular formula is C45H24N6O6. The van der Waals surface area contributed by atoms with Crippen LogP contribution in [0, 0.1) is 29.2 Å². The number of hydrogen-bond donors (Lipinski definition) is 0. The summed E-state index contributed by atoms with van der Waals surface area (Å²) in [6.45, 7) is 7.11. The predicted octanol–water partition coefficient (Wildman–Crippen LogP) is 8.82. The summed E-state index contributed by atoms with van der Waals surface area (Å²) >= 11 is 0. The topological polar surface area (TPSA) is 170 Å². The molecule has 0 radical (unpaired) electrons. The Balaban J connectivity index is 1.12. The third kappa shape index (κ3) is 8.72. The standard InChI is InChI=1S/C45H24N6O6/c1-48-36-10-19-42(51-27-36)32-8-15-39(16-9-32)57-45(54)35-21-33(43(52)55-37-11-4-30(5-12-37)40-17-2-28(23-46)25-49-40)20-34(22-35)44(53)56-38-13-6-31(7-14-38)41-18-3-29(24-47)26-50-41/h2-22,25-27H. The molecule has 0 spiro atoms. The van der Waals surface area contributed by atoms with Crippen molar-refractivity contribution in [2.24, 2.45) is 0 Å². The maximum absolute atomic E-state index is 13.5. The molecule has 270 valence electrons. The largest absolute Gasteiger partial charge is 0.423 e. The summed E-state index contributed by atoms with van der Waals surface area (Å²) in [6, 6.07) is 37.4. The van der Waals surface area contributed by atoms with E-state index in [0.29, 0.717) is 33.9 Å². The molecule has 0 unspecified atom stereocenters. The average Bonchev–Trinajstić information content (AvgIpc) is 3.27. The van der Waals surface area contributed by atoms with Gasteiger partial charge in [0, 0.05) is 35.3 Å². The summed E-state index contributed by atoms with van der Waals surface area (Å²) in [5, 5.41) is 18.1. The zero-order chi connectivity index (χ0) is 39.7. The van der Waals surface area contributed by atoms with Crippen LogP contribution in [0.3, 0.4) is 0 Å². The maximum Gasteiger partial charge on any atom is 0.343 e. The SMILES string of the molecule is [C-]#[N+]c1ccc(-c2ccc(OC(=O)c3cc(C(=O)Oc4ccc(-c5ccc(C#N)cn5)cc4)cc(C(=O)Oc4ccc(-c5ccc(C#N)cn5)cc4)c3)cc2)nc1. The van der Waals surface area contributed by atoms with E-state index in [9.17, 15) is 14.4 Å². The Bertz CT molecular complexity index is 2430. The predicted molar refractivity (Wildman–Crippen MR) is 206 cm³/mol. The summed E-state index contributed by atoms with van der Waals surface area (Å²) in [5.74, 6) is -2.02. The highest BCUT2D eigenvalue weighted by Gasteiger charge is 2.21. The zero-order valence-electron chi connectivity index (χ0n) is 29.5. The molecule has 0 bridgehead atoms. The van der Waals surface area contributed by atoms with Gasteiger partial charge in [0.25, 0.3) is 0 Å². The zero-order valence-corrected chi connectivity index (χ0v) is 29.5. The summed E-state index contributed by atoms with van der Waals surface area (Å²) in [7, 11) is 0. The molecule has 0 aliphatic heterocycles. The fourth-order valence-corrected chi connectivity index (χ4v) is 5.44. The molecule has 4 aromatic carbocycles. The Morgan fingerprint density at radius 2 is 0.807 bits per heavy atom. The minimum atomic E-state index is -0.858. The lowest BCUT2D eigenvalue weighted by molar-refractivity contribution is 0.0734. The normalized spacial score (nSPS) is 10.3. The minimum Gasteiger partial charge on any atom is -0.423 e. The fourth-order valence-electron chi connectivity index (χ4n) is 5.44. The van der Waals surface area contributed by atoms with Crippen molar-refractivity contribution < 1.29 is 28.6 Å². The van der Waals surface area contributed by atoms with Crippen molar-refractivity contribution >= 4 is 23.6 Å². The van der Waals surface area contributed by atoms with Crippen LogP contribution in [-0.2, 0) is 0 Å². The molecule has 0 atom stereocenters. The number of carbonyl (C=O) groups is 3. The molecule has 7 aromatic rings. The van der Waals surface area contributed by atoms with Crippen LogP contribution in [-0.4, -0.2) is 32.9 Å². The number of pyridine rings is 3. The van der Waals surface area contributed by atoms with Crippen molar-refractivity contribution in [2.45, 2.75) is 0 Å². The summed E-state index contributed by atoms with van der Waals surface area (Å²) in [6.07, 6.45) is 4.38. The van der Waals surface area contributed by atoms with E-state index in [2.05, 4.69) is 19.8 Å². The quantitative estimate of drug-likeness (QED) is 0.0786. The molecule has 12 nitrogen and oxygen atoms in total. The third-order valence-electron chi connectivity index (χ3n) is 8.38. The Morgan fingerprint density at radius 1 is 0.474 bits per heavy atom. The first-order valence-corrected chi connectivity index (χ1v) is 17.0. The van der Waals surface area contributed by atoms with Gasteiger partial charge in [-0.2, -0.15) is 10.5 Å². The maximum atomic E-state index is 13.5. The van der Waals surface area contributed by atoms with Gasteiger partial charge in [-0.25, -0.2) is 19.2 Å². The van der Waals surface area contributed by atoms with Gasteiger partial charge in [-0.3, -0.25) is 15.0 Å². The molecule has 0 aliphatic rings. The van der Waals surface area contributed by atoms with Crippen LogP contribution in [0.15, 0.2) is 146 Å². The highest BCUT2D eigenvalue weighted by Crippen LogP contribution is 2.26. The molecule has 12 heteroatoms. The molecule has 3 heterocycles. The van der Waals surface area contributed by atoms with Gasteiger partial charge in [0.15, 0.2) is 0 Å². The summed E-state index contributed by atoms with van der Waals surface area (Å²) < 4.78 is 16.9. The lowest BCUT2D eigenvalue weighted by Crippen LogP contribution is -2.16. The van der Waals surface area contributed by atoms with Crippen molar-refractivity contribution in [2.75, 3.05) is 0 Å². The number of carbonyl (C=O) groups excluding carboxylic acids is 3.